The highest BCUT2D eigenvalue weighted by Crippen LogP contribution is 2.35. The van der Waals surface area contributed by atoms with Crippen LogP contribution in [0.2, 0.25) is 0 Å². The molecule has 1 aliphatic heterocycles. The van der Waals surface area contributed by atoms with E-state index < -0.39 is 17.3 Å². The molecule has 0 bridgehead atoms. The van der Waals surface area contributed by atoms with E-state index >= 15 is 0 Å². The van der Waals surface area contributed by atoms with Crippen molar-refractivity contribution in [1.29, 1.82) is 0 Å². The minimum absolute atomic E-state index is 0.0295. The van der Waals surface area contributed by atoms with Crippen LogP contribution in [-0.2, 0) is 11.0 Å². The van der Waals surface area contributed by atoms with E-state index in [1.165, 1.54) is 17.7 Å². The second-order valence-electron chi connectivity index (χ2n) is 6.70. The molecule has 0 radical (unpaired) electrons. The maximum Gasteiger partial charge on any atom is 0.417 e. The van der Waals surface area contributed by atoms with Crippen molar-refractivity contribution in [2.24, 2.45) is 0 Å². The Bertz CT molecular complexity index is 781. The van der Waals surface area contributed by atoms with Crippen LogP contribution in [0.4, 0.5) is 18.9 Å². The molecule has 2 aromatic heterocycles. The summed E-state index contributed by atoms with van der Waals surface area (Å²) >= 11 is 0. The molecule has 0 atom stereocenters. The van der Waals surface area contributed by atoms with Crippen molar-refractivity contribution >= 4 is 17.1 Å². The van der Waals surface area contributed by atoms with Gasteiger partial charge in [-0.05, 0) is 19.9 Å². The number of carbonyl (C=O) groups is 1. The van der Waals surface area contributed by atoms with E-state index in [2.05, 4.69) is 4.98 Å². The molecular formula is C16H19F3N4O. The summed E-state index contributed by atoms with van der Waals surface area (Å²) in [5.41, 5.74) is -0.0709. The lowest BCUT2D eigenvalue weighted by Gasteiger charge is -2.47. The van der Waals surface area contributed by atoms with Crippen LogP contribution in [0.3, 0.4) is 0 Å². The van der Waals surface area contributed by atoms with Crippen LogP contribution in [0.25, 0.3) is 5.52 Å². The number of carbonyl (C=O) groups excluding carboxylic acids is 1. The molecule has 1 aliphatic rings. The summed E-state index contributed by atoms with van der Waals surface area (Å²) in [7, 11) is 0. The fraction of sp³-hybridized carbons (Fsp3) is 0.500. The number of alkyl halides is 3. The molecule has 0 saturated carbocycles. The Morgan fingerprint density at radius 2 is 2.00 bits per heavy atom. The smallest absolute Gasteiger partial charge is 0.366 e. The van der Waals surface area contributed by atoms with Crippen molar-refractivity contribution in [3.05, 3.63) is 30.4 Å². The van der Waals surface area contributed by atoms with Crippen LogP contribution in [-0.4, -0.2) is 45.4 Å². The van der Waals surface area contributed by atoms with E-state index in [9.17, 15) is 18.0 Å². The first-order chi connectivity index (χ1) is 11.1. The number of pyridine rings is 1. The average Bonchev–Trinajstić information content (AvgIpc) is 2.91. The minimum Gasteiger partial charge on any atom is -0.366 e. The average molecular weight is 340 g/mol. The Labute approximate surface area is 137 Å². The van der Waals surface area contributed by atoms with Crippen molar-refractivity contribution in [2.45, 2.75) is 32.5 Å². The van der Waals surface area contributed by atoms with Crippen molar-refractivity contribution in [2.75, 3.05) is 24.5 Å². The fourth-order valence-corrected chi connectivity index (χ4v) is 3.37. The summed E-state index contributed by atoms with van der Waals surface area (Å²) < 4.78 is 40.9. The number of aromatic nitrogens is 2. The molecule has 0 N–H and O–H groups in total. The van der Waals surface area contributed by atoms with Crippen molar-refractivity contribution < 1.29 is 18.0 Å². The van der Waals surface area contributed by atoms with Gasteiger partial charge >= 0.3 is 6.18 Å². The number of halogens is 3. The highest BCUT2D eigenvalue weighted by molar-refractivity contribution is 5.76. The number of fused-ring (bicyclic) bond motifs is 1. The third-order valence-electron chi connectivity index (χ3n) is 4.45. The van der Waals surface area contributed by atoms with Crippen LogP contribution in [0.5, 0.6) is 0 Å². The minimum atomic E-state index is -4.43. The van der Waals surface area contributed by atoms with Crippen LogP contribution in [0.1, 0.15) is 26.3 Å². The lowest BCUT2D eigenvalue weighted by atomic mass is 9.98. The van der Waals surface area contributed by atoms with Gasteiger partial charge in [0.25, 0.3) is 0 Å². The summed E-state index contributed by atoms with van der Waals surface area (Å²) in [6.45, 7) is 6.75. The van der Waals surface area contributed by atoms with Gasteiger partial charge in [0.2, 0.25) is 5.91 Å². The lowest BCUT2D eigenvalue weighted by molar-refractivity contribution is -0.137. The summed E-state index contributed by atoms with van der Waals surface area (Å²) in [5.74, 6) is -0.0295. The molecule has 0 aromatic carbocycles. The van der Waals surface area contributed by atoms with Gasteiger partial charge in [0, 0.05) is 32.8 Å². The van der Waals surface area contributed by atoms with E-state index in [1.54, 1.807) is 11.1 Å². The number of rotatable bonds is 1. The first-order valence-corrected chi connectivity index (χ1v) is 7.66. The first-order valence-electron chi connectivity index (χ1n) is 7.66. The monoisotopic (exact) mass is 340 g/mol. The van der Waals surface area contributed by atoms with Crippen molar-refractivity contribution in [3.8, 4) is 0 Å². The van der Waals surface area contributed by atoms with E-state index in [1.807, 2.05) is 18.7 Å². The zero-order chi connectivity index (χ0) is 17.7. The summed E-state index contributed by atoms with van der Waals surface area (Å²) in [5, 5.41) is 0. The Kier molecular flexibility index (Phi) is 3.73. The number of piperazine rings is 1. The summed E-state index contributed by atoms with van der Waals surface area (Å²) in [6.07, 6.45) is -0.461. The van der Waals surface area contributed by atoms with E-state index in [-0.39, 0.29) is 5.91 Å². The molecule has 2 aromatic rings. The van der Waals surface area contributed by atoms with Gasteiger partial charge in [-0.1, -0.05) is 0 Å². The molecule has 1 amide bonds. The summed E-state index contributed by atoms with van der Waals surface area (Å²) in [4.78, 5) is 19.4. The van der Waals surface area contributed by atoms with E-state index in [0.717, 1.165) is 12.3 Å². The molecular weight excluding hydrogens is 321 g/mol. The molecule has 1 saturated heterocycles. The highest BCUT2D eigenvalue weighted by Gasteiger charge is 2.37. The molecule has 130 valence electrons. The van der Waals surface area contributed by atoms with Gasteiger partial charge in [0.05, 0.1) is 34.8 Å². The topological polar surface area (TPSA) is 40.9 Å². The van der Waals surface area contributed by atoms with Gasteiger partial charge in [0.15, 0.2) is 0 Å². The molecule has 1 fully saturated rings. The maximum absolute atomic E-state index is 13.2. The Balaban J connectivity index is 2.03. The SMILES string of the molecule is CC(=O)N1CCN(c2cc(C(F)(F)F)cn3cncc23)CC1(C)C. The summed E-state index contributed by atoms with van der Waals surface area (Å²) in [6, 6.07) is 1.16. The standard InChI is InChI=1S/C16H19F3N4O/c1-11(24)23-5-4-21(9-15(23,2)3)13-6-12(16(17,18)19)8-22-10-20-7-14(13)22/h6-8,10H,4-5,9H2,1-3H3. The molecule has 3 heterocycles. The van der Waals surface area contributed by atoms with Crippen LogP contribution < -0.4 is 4.90 Å². The van der Waals surface area contributed by atoms with Crippen LogP contribution >= 0.6 is 0 Å². The lowest BCUT2D eigenvalue weighted by Crippen LogP contribution is -2.60. The number of hydrogen-bond donors (Lipinski definition) is 0. The zero-order valence-electron chi connectivity index (χ0n) is 13.8. The zero-order valence-corrected chi connectivity index (χ0v) is 13.8. The quantitative estimate of drug-likeness (QED) is 0.802. The third kappa shape index (κ3) is 2.81. The highest BCUT2D eigenvalue weighted by atomic mass is 19.4. The second kappa shape index (κ2) is 5.39. The maximum atomic E-state index is 13.2. The molecule has 5 nitrogen and oxygen atoms in total. The molecule has 0 unspecified atom stereocenters. The largest absolute Gasteiger partial charge is 0.417 e. The second-order valence-corrected chi connectivity index (χ2v) is 6.70. The number of hydrogen-bond acceptors (Lipinski definition) is 3. The number of amides is 1. The van der Waals surface area contributed by atoms with Gasteiger partial charge in [-0.3, -0.25) is 4.79 Å². The van der Waals surface area contributed by atoms with Crippen molar-refractivity contribution in [1.82, 2.24) is 14.3 Å². The van der Waals surface area contributed by atoms with Gasteiger partial charge in [0.1, 0.15) is 0 Å². The van der Waals surface area contributed by atoms with Crippen molar-refractivity contribution in [3.63, 3.8) is 0 Å². The molecule has 0 aliphatic carbocycles. The van der Waals surface area contributed by atoms with Gasteiger partial charge < -0.3 is 14.2 Å². The van der Waals surface area contributed by atoms with Gasteiger partial charge in [-0.15, -0.1) is 0 Å². The Morgan fingerprint density at radius 1 is 1.29 bits per heavy atom. The normalized spacial score (nSPS) is 18.2. The van der Waals surface area contributed by atoms with Crippen LogP contribution in [0, 0.1) is 0 Å². The number of imidazole rings is 1. The molecule has 3 rings (SSSR count). The Hall–Kier alpha value is -2.25. The fourth-order valence-electron chi connectivity index (χ4n) is 3.37. The number of anilines is 1. The van der Waals surface area contributed by atoms with Gasteiger partial charge in [-0.2, -0.15) is 13.2 Å². The molecule has 24 heavy (non-hydrogen) atoms. The number of nitrogens with zero attached hydrogens (tertiary/aromatic N) is 4. The third-order valence-corrected chi connectivity index (χ3v) is 4.45. The molecule has 8 heteroatoms. The van der Waals surface area contributed by atoms with Gasteiger partial charge in [-0.25, -0.2) is 4.98 Å². The molecule has 0 spiro atoms. The Morgan fingerprint density at radius 3 is 2.58 bits per heavy atom. The van der Waals surface area contributed by atoms with E-state index in [0.29, 0.717) is 30.8 Å². The predicted octanol–water partition coefficient (Wildman–Crippen LogP) is 2.80. The first kappa shape index (κ1) is 16.6. The predicted molar refractivity (Wildman–Crippen MR) is 83.9 cm³/mol. The van der Waals surface area contributed by atoms with E-state index in [4.69, 9.17) is 0 Å². The van der Waals surface area contributed by atoms with Crippen LogP contribution in [0.15, 0.2) is 24.8 Å².